The molecule has 0 fully saturated rings. The summed E-state index contributed by atoms with van der Waals surface area (Å²) in [5, 5.41) is 7.34. The van der Waals surface area contributed by atoms with Gasteiger partial charge < -0.3 is 5.32 Å². The molecule has 0 radical (unpaired) electrons. The highest BCUT2D eigenvalue weighted by molar-refractivity contribution is 6.69. The number of hydrogen-bond donors (Lipinski definition) is 2. The van der Waals surface area contributed by atoms with E-state index in [2.05, 4.69) is 32.4 Å². The molecule has 0 saturated heterocycles. The van der Waals surface area contributed by atoms with E-state index in [0.717, 1.165) is 11.6 Å². The number of anilines is 1. The number of hydrazone groups is 1. The summed E-state index contributed by atoms with van der Waals surface area (Å²) in [6.45, 7) is 3.87. The Morgan fingerprint density at radius 2 is 1.97 bits per heavy atom. The van der Waals surface area contributed by atoms with Gasteiger partial charge in [0.1, 0.15) is 5.17 Å². The maximum atomic E-state index is 13.3. The van der Waals surface area contributed by atoms with Crippen molar-refractivity contribution in [1.29, 1.82) is 0 Å². The molecule has 9 heteroatoms. The monoisotopic (exact) mass is 469 g/mol. The Morgan fingerprint density at radius 1 is 1.18 bits per heavy atom. The third-order valence-electron chi connectivity index (χ3n) is 5.08. The molecule has 2 heterocycles. The minimum absolute atomic E-state index is 0.155. The summed E-state index contributed by atoms with van der Waals surface area (Å²) in [5.74, 6) is 0.334. The van der Waals surface area contributed by atoms with Crippen LogP contribution >= 0.6 is 11.6 Å². The highest BCUT2D eigenvalue weighted by Crippen LogP contribution is 2.36. The van der Waals surface area contributed by atoms with Crippen molar-refractivity contribution in [1.82, 2.24) is 15.4 Å². The number of rotatable bonds is 5. The molecule has 0 bridgehead atoms. The molecule has 2 aliphatic rings. The molecule has 1 atom stereocenters. The van der Waals surface area contributed by atoms with E-state index in [1.165, 1.54) is 6.08 Å². The summed E-state index contributed by atoms with van der Waals surface area (Å²) in [4.78, 5) is 8.85. The van der Waals surface area contributed by atoms with Gasteiger partial charge in [0.25, 0.3) is 0 Å². The van der Waals surface area contributed by atoms with Crippen LogP contribution < -0.4 is 10.7 Å². The summed E-state index contributed by atoms with van der Waals surface area (Å²) < 4.78 is 39.8. The summed E-state index contributed by atoms with van der Waals surface area (Å²) in [7, 11) is 0. The van der Waals surface area contributed by atoms with Gasteiger partial charge in [-0.15, -0.1) is 6.58 Å². The lowest BCUT2D eigenvalue weighted by atomic mass is 9.93. The molecule has 0 unspecified atom stereocenters. The number of halogens is 4. The van der Waals surface area contributed by atoms with Gasteiger partial charge in [0.05, 0.1) is 17.4 Å². The van der Waals surface area contributed by atoms with Crippen LogP contribution in [-0.4, -0.2) is 21.3 Å². The minimum atomic E-state index is -4.42. The Kier molecular flexibility index (Phi) is 6.46. The van der Waals surface area contributed by atoms with Crippen molar-refractivity contribution in [3.8, 4) is 0 Å². The third-order valence-corrected chi connectivity index (χ3v) is 5.27. The van der Waals surface area contributed by atoms with Crippen molar-refractivity contribution < 1.29 is 13.2 Å². The van der Waals surface area contributed by atoms with E-state index < -0.39 is 11.7 Å². The fourth-order valence-electron chi connectivity index (χ4n) is 3.47. The van der Waals surface area contributed by atoms with Crippen LogP contribution in [0.3, 0.4) is 0 Å². The SMILES string of the molecule is C=C[C@H](Nc1nccc(C2=CC(Cl)=NNC2=C2C=CC=C(C(F)(F)F)C2)n1)c1ccccc1. The zero-order chi connectivity index (χ0) is 23.4. The first-order valence-corrected chi connectivity index (χ1v) is 10.4. The first-order chi connectivity index (χ1) is 15.8. The van der Waals surface area contributed by atoms with Crippen LogP contribution in [-0.2, 0) is 0 Å². The van der Waals surface area contributed by atoms with Crippen LogP contribution in [0.25, 0.3) is 5.57 Å². The van der Waals surface area contributed by atoms with Crippen LogP contribution in [0.1, 0.15) is 23.7 Å². The van der Waals surface area contributed by atoms with Gasteiger partial charge in [-0.1, -0.05) is 66.2 Å². The summed E-state index contributed by atoms with van der Waals surface area (Å²) in [5.41, 5.74) is 4.93. The zero-order valence-corrected chi connectivity index (χ0v) is 18.0. The van der Waals surface area contributed by atoms with Crippen LogP contribution in [0, 0.1) is 0 Å². The first kappa shape index (κ1) is 22.5. The number of allylic oxidation sites excluding steroid dienone is 7. The van der Waals surface area contributed by atoms with E-state index in [4.69, 9.17) is 11.6 Å². The topological polar surface area (TPSA) is 62.2 Å². The van der Waals surface area contributed by atoms with Crippen molar-refractivity contribution >= 4 is 28.3 Å². The van der Waals surface area contributed by atoms with Gasteiger partial charge in [-0.2, -0.15) is 18.3 Å². The zero-order valence-electron chi connectivity index (χ0n) is 17.3. The van der Waals surface area contributed by atoms with E-state index in [0.29, 0.717) is 28.5 Å². The maximum Gasteiger partial charge on any atom is 0.413 e. The van der Waals surface area contributed by atoms with E-state index >= 15 is 0 Å². The Bertz CT molecular complexity index is 1210. The van der Waals surface area contributed by atoms with Gasteiger partial charge in [-0.3, -0.25) is 5.43 Å². The molecule has 2 aromatic rings. The lowest BCUT2D eigenvalue weighted by molar-refractivity contribution is -0.0932. The number of hydrogen-bond acceptors (Lipinski definition) is 5. The fraction of sp³-hybridized carbons (Fsp3) is 0.125. The Balaban J connectivity index is 1.67. The van der Waals surface area contributed by atoms with Crippen molar-refractivity contribution in [2.45, 2.75) is 18.6 Å². The van der Waals surface area contributed by atoms with E-state index in [1.54, 1.807) is 30.5 Å². The summed E-state index contributed by atoms with van der Waals surface area (Å²) in [6, 6.07) is 11.1. The standard InChI is InChI=1S/C24H19ClF3N5/c1-2-19(15-7-4-3-5-8-15)30-23-29-12-11-20(31-23)18-14-21(25)32-33-22(18)16-9-6-10-17(13-16)24(26,27)28/h2-12,14,19,33H,1,13H2,(H,29,30,31)/t19-/m0/s1. The highest BCUT2D eigenvalue weighted by Gasteiger charge is 2.35. The molecule has 33 heavy (non-hydrogen) atoms. The van der Waals surface area contributed by atoms with E-state index in [-0.39, 0.29) is 17.6 Å². The molecular weight excluding hydrogens is 451 g/mol. The number of nitrogens with one attached hydrogen (secondary N) is 2. The smallest absolute Gasteiger partial charge is 0.344 e. The van der Waals surface area contributed by atoms with Crippen LogP contribution in [0.15, 0.2) is 101 Å². The van der Waals surface area contributed by atoms with Crippen LogP contribution in [0.2, 0.25) is 0 Å². The summed E-state index contributed by atoms with van der Waals surface area (Å²) in [6.07, 6.45) is 4.21. The third kappa shape index (κ3) is 5.23. The Hall–Kier alpha value is -3.65. The minimum Gasteiger partial charge on any atom is -0.344 e. The molecule has 1 aromatic carbocycles. The number of nitrogens with zero attached hydrogens (tertiary/aromatic N) is 3. The number of aromatic nitrogens is 2. The second-order valence-electron chi connectivity index (χ2n) is 7.26. The molecule has 0 saturated carbocycles. The van der Waals surface area contributed by atoms with Crippen molar-refractivity contribution in [3.63, 3.8) is 0 Å². The molecule has 0 amide bonds. The average molecular weight is 470 g/mol. The molecule has 1 aliphatic heterocycles. The second-order valence-corrected chi connectivity index (χ2v) is 7.65. The first-order valence-electron chi connectivity index (χ1n) is 10.0. The number of benzene rings is 1. The lowest BCUT2D eigenvalue weighted by Crippen LogP contribution is -2.20. The van der Waals surface area contributed by atoms with Crippen LogP contribution in [0.5, 0.6) is 0 Å². The quantitative estimate of drug-likeness (QED) is 0.523. The van der Waals surface area contributed by atoms with Gasteiger partial charge in [0.2, 0.25) is 5.95 Å². The van der Waals surface area contributed by atoms with Gasteiger partial charge in [0.15, 0.2) is 0 Å². The molecule has 1 aromatic heterocycles. The Labute approximate surface area is 193 Å². The molecule has 1 aliphatic carbocycles. The average Bonchev–Trinajstić information content (AvgIpc) is 2.83. The lowest BCUT2D eigenvalue weighted by Gasteiger charge is -2.22. The van der Waals surface area contributed by atoms with Crippen molar-refractivity contribution in [2.24, 2.45) is 5.10 Å². The number of alkyl halides is 3. The van der Waals surface area contributed by atoms with Gasteiger partial charge in [-0.25, -0.2) is 9.97 Å². The van der Waals surface area contributed by atoms with Crippen LogP contribution in [0.4, 0.5) is 19.1 Å². The van der Waals surface area contributed by atoms with Gasteiger partial charge in [0, 0.05) is 23.8 Å². The normalized spacial score (nSPS) is 19.1. The van der Waals surface area contributed by atoms with E-state index in [9.17, 15) is 13.2 Å². The molecule has 2 N–H and O–H groups in total. The van der Waals surface area contributed by atoms with Crippen molar-refractivity contribution in [3.05, 3.63) is 108 Å². The molecule has 4 rings (SSSR count). The molecule has 5 nitrogen and oxygen atoms in total. The Morgan fingerprint density at radius 3 is 2.70 bits per heavy atom. The van der Waals surface area contributed by atoms with E-state index in [1.807, 2.05) is 30.3 Å². The largest absolute Gasteiger partial charge is 0.413 e. The predicted molar refractivity (Wildman–Crippen MR) is 124 cm³/mol. The second kappa shape index (κ2) is 9.46. The molecule has 0 spiro atoms. The predicted octanol–water partition coefficient (Wildman–Crippen LogP) is 6.06. The summed E-state index contributed by atoms with van der Waals surface area (Å²) >= 11 is 6.10. The fourth-order valence-corrected chi connectivity index (χ4v) is 3.62. The van der Waals surface area contributed by atoms with Gasteiger partial charge in [-0.05, 0) is 23.3 Å². The maximum absolute atomic E-state index is 13.3. The van der Waals surface area contributed by atoms with Crippen molar-refractivity contribution in [2.75, 3.05) is 5.32 Å². The highest BCUT2D eigenvalue weighted by atomic mass is 35.5. The van der Waals surface area contributed by atoms with Gasteiger partial charge >= 0.3 is 6.18 Å². The molecule has 168 valence electrons. The molecular formula is C24H19ClF3N5.